The highest BCUT2D eigenvalue weighted by molar-refractivity contribution is 5.49. The van der Waals surface area contributed by atoms with E-state index < -0.39 is 0 Å². The molecule has 2 heterocycles. The molecule has 0 saturated carbocycles. The van der Waals surface area contributed by atoms with E-state index in [0.717, 1.165) is 29.1 Å². The Morgan fingerprint density at radius 2 is 1.80 bits per heavy atom. The van der Waals surface area contributed by atoms with Crippen LogP contribution in [-0.4, -0.2) is 14.6 Å². The third-order valence-electron chi connectivity index (χ3n) is 3.21. The number of nitrogens with one attached hydrogen (secondary N) is 1. The Morgan fingerprint density at radius 1 is 1.05 bits per heavy atom. The zero-order valence-electron chi connectivity index (χ0n) is 12.0. The first-order valence-electron chi connectivity index (χ1n) is 6.73. The second kappa shape index (κ2) is 4.96. The van der Waals surface area contributed by atoms with Crippen molar-refractivity contribution in [3.63, 3.8) is 0 Å². The summed E-state index contributed by atoms with van der Waals surface area (Å²) in [6, 6.07) is 8.44. The van der Waals surface area contributed by atoms with Crippen molar-refractivity contribution in [3.05, 3.63) is 59.0 Å². The number of rotatable bonds is 3. The van der Waals surface area contributed by atoms with Gasteiger partial charge in [-0.05, 0) is 44.0 Å². The molecule has 2 aromatic heterocycles. The third-order valence-corrected chi connectivity index (χ3v) is 3.21. The molecule has 4 nitrogen and oxygen atoms in total. The molecular formula is C16H18N4. The van der Waals surface area contributed by atoms with Gasteiger partial charge in [-0.25, -0.2) is 9.50 Å². The van der Waals surface area contributed by atoms with E-state index >= 15 is 0 Å². The highest BCUT2D eigenvalue weighted by Crippen LogP contribution is 2.15. The van der Waals surface area contributed by atoms with Crippen LogP contribution in [-0.2, 0) is 6.54 Å². The molecule has 0 bridgehead atoms. The Hall–Kier alpha value is -2.36. The van der Waals surface area contributed by atoms with Crippen molar-refractivity contribution in [2.24, 2.45) is 0 Å². The van der Waals surface area contributed by atoms with Crippen molar-refractivity contribution in [3.8, 4) is 0 Å². The van der Waals surface area contributed by atoms with Crippen molar-refractivity contribution in [2.45, 2.75) is 27.3 Å². The van der Waals surface area contributed by atoms with Gasteiger partial charge in [0.1, 0.15) is 0 Å². The second-order valence-electron chi connectivity index (χ2n) is 5.28. The minimum Gasteiger partial charge on any atom is -0.381 e. The molecule has 0 aliphatic heterocycles. The van der Waals surface area contributed by atoms with Crippen LogP contribution in [0.25, 0.3) is 5.65 Å². The SMILES string of the molecule is Cc1cc(C)cc(NCc2cnc3cc(C)nn3c2)c1. The molecule has 1 N–H and O–H groups in total. The van der Waals surface area contributed by atoms with Gasteiger partial charge in [0.2, 0.25) is 0 Å². The highest BCUT2D eigenvalue weighted by atomic mass is 15.2. The molecule has 20 heavy (non-hydrogen) atoms. The van der Waals surface area contributed by atoms with E-state index in [-0.39, 0.29) is 0 Å². The van der Waals surface area contributed by atoms with Crippen molar-refractivity contribution >= 4 is 11.3 Å². The Kier molecular flexibility index (Phi) is 3.14. The lowest BCUT2D eigenvalue weighted by Gasteiger charge is -2.08. The van der Waals surface area contributed by atoms with Crippen LogP contribution in [0, 0.1) is 20.8 Å². The van der Waals surface area contributed by atoms with Crippen molar-refractivity contribution < 1.29 is 0 Å². The summed E-state index contributed by atoms with van der Waals surface area (Å²) in [5.41, 5.74) is 6.65. The molecule has 0 aliphatic rings. The molecule has 3 aromatic rings. The summed E-state index contributed by atoms with van der Waals surface area (Å²) < 4.78 is 1.83. The minimum atomic E-state index is 0.741. The van der Waals surface area contributed by atoms with Gasteiger partial charge in [-0.15, -0.1) is 0 Å². The largest absolute Gasteiger partial charge is 0.381 e. The van der Waals surface area contributed by atoms with E-state index in [1.54, 1.807) is 0 Å². The summed E-state index contributed by atoms with van der Waals surface area (Å²) in [7, 11) is 0. The van der Waals surface area contributed by atoms with Gasteiger partial charge in [0.25, 0.3) is 0 Å². The summed E-state index contributed by atoms with van der Waals surface area (Å²) in [5.74, 6) is 0. The van der Waals surface area contributed by atoms with Crippen LogP contribution >= 0.6 is 0 Å². The molecule has 0 aliphatic carbocycles. The molecule has 0 spiro atoms. The standard InChI is InChI=1S/C16H18N4/c1-11-4-12(2)6-15(5-11)17-8-14-9-18-16-7-13(3)19-20(16)10-14/h4-7,9-10,17H,8H2,1-3H3. The van der Waals surface area contributed by atoms with Gasteiger partial charge < -0.3 is 5.32 Å². The number of benzene rings is 1. The molecular weight excluding hydrogens is 248 g/mol. The average Bonchev–Trinajstić information content (AvgIpc) is 2.74. The lowest BCUT2D eigenvalue weighted by atomic mass is 10.1. The van der Waals surface area contributed by atoms with E-state index in [1.165, 1.54) is 11.1 Å². The number of hydrogen-bond acceptors (Lipinski definition) is 3. The lowest BCUT2D eigenvalue weighted by Crippen LogP contribution is -2.02. The molecule has 4 heteroatoms. The van der Waals surface area contributed by atoms with E-state index in [1.807, 2.05) is 29.9 Å². The summed E-state index contributed by atoms with van der Waals surface area (Å²) in [4.78, 5) is 4.41. The van der Waals surface area contributed by atoms with E-state index in [0.29, 0.717) is 0 Å². The Morgan fingerprint density at radius 3 is 2.55 bits per heavy atom. The quantitative estimate of drug-likeness (QED) is 0.791. The summed E-state index contributed by atoms with van der Waals surface area (Å²) >= 11 is 0. The van der Waals surface area contributed by atoms with Gasteiger partial charge in [0.05, 0.1) is 5.69 Å². The fourth-order valence-electron chi connectivity index (χ4n) is 2.41. The van der Waals surface area contributed by atoms with Gasteiger partial charge in [-0.2, -0.15) is 5.10 Å². The molecule has 0 amide bonds. The summed E-state index contributed by atoms with van der Waals surface area (Å²) in [6.07, 6.45) is 3.91. The molecule has 0 fully saturated rings. The average molecular weight is 266 g/mol. The van der Waals surface area contributed by atoms with Crippen LogP contribution in [0.2, 0.25) is 0 Å². The fourth-order valence-corrected chi connectivity index (χ4v) is 2.41. The maximum Gasteiger partial charge on any atom is 0.155 e. The first kappa shape index (κ1) is 12.7. The topological polar surface area (TPSA) is 42.2 Å². The monoisotopic (exact) mass is 266 g/mol. The second-order valence-corrected chi connectivity index (χ2v) is 5.28. The van der Waals surface area contributed by atoms with Crippen LogP contribution in [0.1, 0.15) is 22.4 Å². The predicted molar refractivity (Wildman–Crippen MR) is 81.0 cm³/mol. The van der Waals surface area contributed by atoms with Crippen LogP contribution < -0.4 is 5.32 Å². The summed E-state index contributed by atoms with van der Waals surface area (Å²) in [5, 5.41) is 7.82. The number of nitrogens with zero attached hydrogens (tertiary/aromatic N) is 3. The fraction of sp³-hybridized carbons (Fsp3) is 0.250. The first-order valence-corrected chi connectivity index (χ1v) is 6.73. The third kappa shape index (κ3) is 2.64. The summed E-state index contributed by atoms with van der Waals surface area (Å²) in [6.45, 7) is 6.93. The Balaban J connectivity index is 1.79. The number of aryl methyl sites for hydroxylation is 3. The maximum atomic E-state index is 4.41. The highest BCUT2D eigenvalue weighted by Gasteiger charge is 2.01. The molecule has 0 radical (unpaired) electrons. The van der Waals surface area contributed by atoms with Crippen molar-refractivity contribution in [2.75, 3.05) is 5.32 Å². The molecule has 0 unspecified atom stereocenters. The zero-order valence-corrected chi connectivity index (χ0v) is 12.0. The van der Waals surface area contributed by atoms with E-state index in [2.05, 4.69) is 47.4 Å². The van der Waals surface area contributed by atoms with Crippen LogP contribution in [0.15, 0.2) is 36.7 Å². The van der Waals surface area contributed by atoms with E-state index in [4.69, 9.17) is 0 Å². The van der Waals surface area contributed by atoms with Gasteiger partial charge >= 0.3 is 0 Å². The number of hydrogen-bond donors (Lipinski definition) is 1. The van der Waals surface area contributed by atoms with Gasteiger partial charge in [-0.1, -0.05) is 6.07 Å². The van der Waals surface area contributed by atoms with Gasteiger partial charge in [-0.3, -0.25) is 0 Å². The number of anilines is 1. The lowest BCUT2D eigenvalue weighted by molar-refractivity contribution is 0.895. The minimum absolute atomic E-state index is 0.741. The van der Waals surface area contributed by atoms with Crippen LogP contribution in [0.4, 0.5) is 5.69 Å². The zero-order chi connectivity index (χ0) is 14.1. The molecule has 3 rings (SSSR count). The number of fused-ring (bicyclic) bond motifs is 1. The van der Waals surface area contributed by atoms with Crippen molar-refractivity contribution in [1.82, 2.24) is 14.6 Å². The van der Waals surface area contributed by atoms with Crippen LogP contribution in [0.3, 0.4) is 0 Å². The molecule has 1 aromatic carbocycles. The van der Waals surface area contributed by atoms with Gasteiger partial charge in [0, 0.05) is 36.3 Å². The molecule has 102 valence electrons. The first-order chi connectivity index (χ1) is 9.60. The maximum absolute atomic E-state index is 4.41. The number of aromatic nitrogens is 3. The molecule has 0 atom stereocenters. The molecule has 0 saturated heterocycles. The van der Waals surface area contributed by atoms with Crippen molar-refractivity contribution in [1.29, 1.82) is 0 Å². The normalized spacial score (nSPS) is 10.9. The van der Waals surface area contributed by atoms with E-state index in [9.17, 15) is 0 Å². The van der Waals surface area contributed by atoms with Gasteiger partial charge in [0.15, 0.2) is 5.65 Å². The van der Waals surface area contributed by atoms with Crippen LogP contribution in [0.5, 0.6) is 0 Å². The predicted octanol–water partition coefficient (Wildman–Crippen LogP) is 3.27. The Bertz CT molecular complexity index is 738. The Labute approximate surface area is 118 Å². The smallest absolute Gasteiger partial charge is 0.155 e.